The lowest BCUT2D eigenvalue weighted by Gasteiger charge is -2.24. The summed E-state index contributed by atoms with van der Waals surface area (Å²) in [6, 6.07) is 3.83. The number of guanidine groups is 1. The molecule has 1 atom stereocenters. The third-order valence-corrected chi connectivity index (χ3v) is 4.48. The van der Waals surface area contributed by atoms with E-state index in [1.165, 1.54) is 18.2 Å². The minimum absolute atomic E-state index is 0.124. The molecule has 6 heteroatoms. The summed E-state index contributed by atoms with van der Waals surface area (Å²) in [6.45, 7) is 2.84. The normalized spacial score (nSPS) is 19.4. The summed E-state index contributed by atoms with van der Waals surface area (Å²) in [5.41, 5.74) is 0.269. The molecule has 1 aromatic rings. The first kappa shape index (κ1) is 16.1. The lowest BCUT2D eigenvalue weighted by Crippen LogP contribution is -2.45. The molecule has 1 saturated heterocycles. The Hall–Kier alpha value is -1.30. The highest BCUT2D eigenvalue weighted by atomic mass is 32.2. The van der Waals surface area contributed by atoms with E-state index < -0.39 is 11.6 Å². The molecular weight excluding hydrogens is 292 g/mol. The van der Waals surface area contributed by atoms with Crippen LogP contribution in [0.3, 0.4) is 0 Å². The van der Waals surface area contributed by atoms with Gasteiger partial charge in [-0.2, -0.15) is 11.8 Å². The maximum atomic E-state index is 13.6. The largest absolute Gasteiger partial charge is 0.357 e. The number of thioether (sulfide) groups is 1. The fraction of sp³-hybridized carbons (Fsp3) is 0.533. The van der Waals surface area contributed by atoms with Crippen LogP contribution in [0.2, 0.25) is 0 Å². The molecule has 1 aromatic carbocycles. The number of benzene rings is 1. The Labute approximate surface area is 128 Å². The van der Waals surface area contributed by atoms with Crippen LogP contribution in [0.15, 0.2) is 23.2 Å². The van der Waals surface area contributed by atoms with Gasteiger partial charge in [-0.25, -0.2) is 13.8 Å². The molecule has 1 heterocycles. The van der Waals surface area contributed by atoms with Crippen molar-refractivity contribution in [3.8, 4) is 0 Å². The third kappa shape index (κ3) is 5.19. The van der Waals surface area contributed by atoms with Crippen molar-refractivity contribution in [3.63, 3.8) is 0 Å². The minimum atomic E-state index is -0.441. The Balaban J connectivity index is 2.00. The van der Waals surface area contributed by atoms with Gasteiger partial charge in [0, 0.05) is 23.9 Å². The quantitative estimate of drug-likeness (QED) is 0.663. The van der Waals surface area contributed by atoms with E-state index >= 15 is 0 Å². The first-order valence-corrected chi connectivity index (χ1v) is 8.41. The molecule has 0 saturated carbocycles. The molecule has 1 fully saturated rings. The van der Waals surface area contributed by atoms with Gasteiger partial charge in [0.2, 0.25) is 0 Å². The molecule has 21 heavy (non-hydrogen) atoms. The smallest absolute Gasteiger partial charge is 0.191 e. The lowest BCUT2D eigenvalue weighted by atomic mass is 10.2. The predicted octanol–water partition coefficient (Wildman–Crippen LogP) is 2.92. The fourth-order valence-electron chi connectivity index (χ4n) is 2.20. The van der Waals surface area contributed by atoms with Crippen molar-refractivity contribution in [2.24, 2.45) is 4.99 Å². The molecule has 0 spiro atoms. The van der Waals surface area contributed by atoms with E-state index in [-0.39, 0.29) is 12.1 Å². The van der Waals surface area contributed by atoms with Crippen LogP contribution in [0.4, 0.5) is 8.78 Å². The van der Waals surface area contributed by atoms with Gasteiger partial charge in [0.25, 0.3) is 0 Å². The van der Waals surface area contributed by atoms with Crippen molar-refractivity contribution in [1.29, 1.82) is 0 Å². The zero-order valence-electron chi connectivity index (χ0n) is 12.2. The van der Waals surface area contributed by atoms with Gasteiger partial charge in [0.05, 0.1) is 6.54 Å². The van der Waals surface area contributed by atoms with Gasteiger partial charge >= 0.3 is 0 Å². The van der Waals surface area contributed by atoms with Crippen LogP contribution in [0.5, 0.6) is 0 Å². The van der Waals surface area contributed by atoms with Crippen LogP contribution in [0, 0.1) is 11.6 Å². The van der Waals surface area contributed by atoms with Crippen molar-refractivity contribution in [2.75, 3.05) is 18.1 Å². The second-order valence-corrected chi connectivity index (χ2v) is 6.14. The maximum Gasteiger partial charge on any atom is 0.191 e. The number of nitrogens with one attached hydrogen (secondary N) is 2. The molecule has 0 amide bonds. The van der Waals surface area contributed by atoms with Crippen LogP contribution in [-0.2, 0) is 6.54 Å². The summed E-state index contributed by atoms with van der Waals surface area (Å²) >= 11 is 1.93. The van der Waals surface area contributed by atoms with Crippen LogP contribution in [0.1, 0.15) is 25.3 Å². The molecule has 2 N–H and O–H groups in total. The van der Waals surface area contributed by atoms with E-state index in [1.54, 1.807) is 0 Å². The Morgan fingerprint density at radius 2 is 2.29 bits per heavy atom. The zero-order valence-corrected chi connectivity index (χ0v) is 13.0. The summed E-state index contributed by atoms with van der Waals surface area (Å²) in [5.74, 6) is 2.06. The summed E-state index contributed by atoms with van der Waals surface area (Å²) in [6.07, 6.45) is 2.31. The standard InChI is InChI=1S/C15H21F2N3S/c1-2-18-15(20-13-4-3-7-21-10-13)19-9-11-8-12(16)5-6-14(11)17/h5-6,8,13H,2-4,7,9-10H2,1H3,(H2,18,19,20). The van der Waals surface area contributed by atoms with Crippen molar-refractivity contribution in [3.05, 3.63) is 35.4 Å². The number of rotatable bonds is 4. The maximum absolute atomic E-state index is 13.6. The molecule has 116 valence electrons. The zero-order chi connectivity index (χ0) is 15.1. The summed E-state index contributed by atoms with van der Waals surface area (Å²) in [7, 11) is 0. The van der Waals surface area contributed by atoms with E-state index in [0.717, 1.165) is 30.9 Å². The van der Waals surface area contributed by atoms with Gasteiger partial charge in [-0.3, -0.25) is 0 Å². The summed E-state index contributed by atoms with van der Waals surface area (Å²) in [4.78, 5) is 4.36. The first-order valence-electron chi connectivity index (χ1n) is 7.25. The molecule has 1 aliphatic rings. The highest BCUT2D eigenvalue weighted by Crippen LogP contribution is 2.17. The number of hydrogen-bond donors (Lipinski definition) is 2. The highest BCUT2D eigenvalue weighted by molar-refractivity contribution is 7.99. The van der Waals surface area contributed by atoms with Gasteiger partial charge in [0.1, 0.15) is 11.6 Å². The molecule has 3 nitrogen and oxygen atoms in total. The Bertz CT molecular complexity index is 488. The second kappa shape index (κ2) is 8.22. The van der Waals surface area contributed by atoms with E-state index in [0.29, 0.717) is 12.0 Å². The highest BCUT2D eigenvalue weighted by Gasteiger charge is 2.14. The Kier molecular flexibility index (Phi) is 6.29. The van der Waals surface area contributed by atoms with Crippen molar-refractivity contribution < 1.29 is 8.78 Å². The lowest BCUT2D eigenvalue weighted by molar-refractivity contribution is 0.577. The second-order valence-electron chi connectivity index (χ2n) is 4.99. The van der Waals surface area contributed by atoms with Crippen LogP contribution < -0.4 is 10.6 Å². The van der Waals surface area contributed by atoms with Gasteiger partial charge in [-0.1, -0.05) is 0 Å². The molecular formula is C15H21F2N3S. The van der Waals surface area contributed by atoms with Crippen molar-refractivity contribution >= 4 is 17.7 Å². The van der Waals surface area contributed by atoms with Crippen LogP contribution >= 0.6 is 11.8 Å². The number of nitrogens with zero attached hydrogens (tertiary/aromatic N) is 1. The van der Waals surface area contributed by atoms with E-state index in [9.17, 15) is 8.78 Å². The Morgan fingerprint density at radius 1 is 1.43 bits per heavy atom. The van der Waals surface area contributed by atoms with Crippen molar-refractivity contribution in [2.45, 2.75) is 32.4 Å². The SMILES string of the molecule is CCNC(=NCc1cc(F)ccc1F)NC1CCCSC1. The van der Waals surface area contributed by atoms with Gasteiger partial charge < -0.3 is 10.6 Å². The first-order chi connectivity index (χ1) is 10.2. The Morgan fingerprint density at radius 3 is 3.00 bits per heavy atom. The van der Waals surface area contributed by atoms with E-state index in [2.05, 4.69) is 15.6 Å². The fourth-order valence-corrected chi connectivity index (χ4v) is 3.27. The predicted molar refractivity (Wildman–Crippen MR) is 84.7 cm³/mol. The van der Waals surface area contributed by atoms with Crippen LogP contribution in [0.25, 0.3) is 0 Å². The van der Waals surface area contributed by atoms with Gasteiger partial charge in [-0.05, 0) is 43.7 Å². The average molecular weight is 313 g/mol. The number of hydrogen-bond acceptors (Lipinski definition) is 2. The summed E-state index contributed by atoms with van der Waals surface area (Å²) < 4.78 is 26.7. The van der Waals surface area contributed by atoms with E-state index in [1.807, 2.05) is 18.7 Å². The molecule has 0 bridgehead atoms. The van der Waals surface area contributed by atoms with Crippen molar-refractivity contribution in [1.82, 2.24) is 10.6 Å². The molecule has 1 unspecified atom stereocenters. The monoisotopic (exact) mass is 313 g/mol. The van der Waals surface area contributed by atoms with E-state index in [4.69, 9.17) is 0 Å². The van der Waals surface area contributed by atoms with Crippen LogP contribution in [-0.4, -0.2) is 30.1 Å². The van der Waals surface area contributed by atoms with Gasteiger partial charge in [-0.15, -0.1) is 0 Å². The molecule has 0 aliphatic carbocycles. The molecule has 2 rings (SSSR count). The molecule has 0 radical (unpaired) electrons. The topological polar surface area (TPSA) is 36.4 Å². The summed E-state index contributed by atoms with van der Waals surface area (Å²) in [5, 5.41) is 6.51. The average Bonchev–Trinajstić information content (AvgIpc) is 2.49. The number of aliphatic imine (C=N–C) groups is 1. The van der Waals surface area contributed by atoms with Gasteiger partial charge in [0.15, 0.2) is 5.96 Å². The molecule has 1 aliphatic heterocycles. The third-order valence-electron chi connectivity index (χ3n) is 3.26. The number of halogens is 2. The minimum Gasteiger partial charge on any atom is -0.357 e. The molecule has 0 aromatic heterocycles.